The molecule has 1 aliphatic heterocycles. The number of carbonyl (C=O) groups excluding carboxylic acids is 3. The highest BCUT2D eigenvalue weighted by molar-refractivity contribution is 9.10. The first-order valence-corrected chi connectivity index (χ1v) is 9.01. The molecule has 1 saturated heterocycles. The van der Waals surface area contributed by atoms with Crippen molar-refractivity contribution < 1.29 is 14.4 Å². The Labute approximate surface area is 149 Å². The molecule has 1 spiro atoms. The fraction of sp³-hybridized carbons (Fsp3) is 0.471. The molecular weight excluding hydrogens is 374 g/mol. The van der Waals surface area contributed by atoms with Crippen LogP contribution in [0.4, 0.5) is 4.79 Å². The van der Waals surface area contributed by atoms with Crippen molar-refractivity contribution in [3.05, 3.63) is 34.3 Å². The molecule has 0 radical (unpaired) electrons. The number of rotatable bonds is 4. The zero-order chi connectivity index (χ0) is 17.2. The number of amides is 4. The van der Waals surface area contributed by atoms with Gasteiger partial charge in [-0.25, -0.2) is 4.79 Å². The van der Waals surface area contributed by atoms with Gasteiger partial charge in [0.15, 0.2) is 0 Å². The van der Waals surface area contributed by atoms with Crippen molar-refractivity contribution in [1.29, 1.82) is 0 Å². The van der Waals surface area contributed by atoms with Gasteiger partial charge in [0.05, 0.1) is 0 Å². The van der Waals surface area contributed by atoms with Gasteiger partial charge in [0.1, 0.15) is 5.54 Å². The lowest BCUT2D eigenvalue weighted by atomic mass is 9.82. The number of hydrogen-bond donors (Lipinski definition) is 2. The molecule has 4 amide bonds. The van der Waals surface area contributed by atoms with Crippen LogP contribution in [0.15, 0.2) is 28.7 Å². The molecular formula is C17H20BrN3O3. The average Bonchev–Trinajstić information content (AvgIpc) is 2.79. The van der Waals surface area contributed by atoms with E-state index in [-0.39, 0.29) is 18.2 Å². The molecule has 1 aromatic carbocycles. The second-order valence-electron chi connectivity index (χ2n) is 6.34. The van der Waals surface area contributed by atoms with Gasteiger partial charge in [-0.2, -0.15) is 5.01 Å². The molecule has 0 bridgehead atoms. The lowest BCUT2D eigenvalue weighted by Gasteiger charge is -2.30. The van der Waals surface area contributed by atoms with Gasteiger partial charge in [0.2, 0.25) is 5.91 Å². The summed E-state index contributed by atoms with van der Waals surface area (Å²) in [5.74, 6) is -0.677. The van der Waals surface area contributed by atoms with E-state index in [1.54, 1.807) is 0 Å². The van der Waals surface area contributed by atoms with E-state index in [4.69, 9.17) is 0 Å². The van der Waals surface area contributed by atoms with E-state index < -0.39 is 11.6 Å². The van der Waals surface area contributed by atoms with Gasteiger partial charge in [0.25, 0.3) is 5.91 Å². The number of aryl methyl sites for hydroxylation is 1. The average molecular weight is 394 g/mol. The minimum Gasteiger partial charge on any atom is -0.322 e. The molecule has 3 rings (SSSR count). The Morgan fingerprint density at radius 3 is 2.62 bits per heavy atom. The lowest BCUT2D eigenvalue weighted by molar-refractivity contribution is -0.139. The molecule has 7 heteroatoms. The van der Waals surface area contributed by atoms with Gasteiger partial charge in [-0.1, -0.05) is 53.4 Å². The molecule has 128 valence electrons. The standard InChI is InChI=1S/C17H20BrN3O3/c18-13-7-3-2-6-12(13)8-9-14(22)20-21-15(23)17(19-16(21)24)10-4-1-5-11-17/h2-3,6-7H,1,4-5,8-11H2,(H,19,24)(H,20,22). The van der Waals surface area contributed by atoms with Crippen molar-refractivity contribution in [2.75, 3.05) is 0 Å². The van der Waals surface area contributed by atoms with Crippen molar-refractivity contribution in [2.24, 2.45) is 0 Å². The Balaban J connectivity index is 1.59. The zero-order valence-corrected chi connectivity index (χ0v) is 14.9. The number of carbonyl (C=O) groups is 3. The maximum absolute atomic E-state index is 12.6. The number of hydrazine groups is 1. The smallest absolute Gasteiger partial charge is 0.322 e. The second kappa shape index (κ2) is 6.93. The van der Waals surface area contributed by atoms with E-state index in [0.29, 0.717) is 19.3 Å². The number of nitrogens with zero attached hydrogens (tertiary/aromatic N) is 1. The van der Waals surface area contributed by atoms with E-state index >= 15 is 0 Å². The first kappa shape index (κ1) is 17.0. The predicted molar refractivity (Wildman–Crippen MR) is 91.8 cm³/mol. The molecule has 2 fully saturated rings. The third-order valence-electron chi connectivity index (χ3n) is 4.68. The summed E-state index contributed by atoms with van der Waals surface area (Å²) in [7, 11) is 0. The molecule has 1 saturated carbocycles. The molecule has 0 atom stereocenters. The van der Waals surface area contributed by atoms with Crippen LogP contribution < -0.4 is 10.7 Å². The van der Waals surface area contributed by atoms with E-state index in [2.05, 4.69) is 26.7 Å². The molecule has 2 N–H and O–H groups in total. The predicted octanol–water partition coefficient (Wildman–Crippen LogP) is 2.67. The quantitative estimate of drug-likeness (QED) is 0.771. The van der Waals surface area contributed by atoms with Crippen molar-refractivity contribution in [2.45, 2.75) is 50.5 Å². The molecule has 1 heterocycles. The van der Waals surface area contributed by atoms with Crippen molar-refractivity contribution >= 4 is 33.8 Å². The maximum Gasteiger partial charge on any atom is 0.344 e. The molecule has 1 aliphatic carbocycles. The first-order valence-electron chi connectivity index (χ1n) is 8.21. The fourth-order valence-electron chi connectivity index (χ4n) is 3.35. The van der Waals surface area contributed by atoms with Crippen LogP contribution in [-0.4, -0.2) is 28.4 Å². The number of benzene rings is 1. The number of nitrogens with one attached hydrogen (secondary N) is 2. The molecule has 0 aromatic heterocycles. The van der Waals surface area contributed by atoms with Crippen molar-refractivity contribution in [3.8, 4) is 0 Å². The monoisotopic (exact) mass is 393 g/mol. The van der Waals surface area contributed by atoms with E-state index in [0.717, 1.165) is 34.3 Å². The number of imide groups is 1. The summed E-state index contributed by atoms with van der Waals surface area (Å²) in [5.41, 5.74) is 2.65. The first-order chi connectivity index (χ1) is 11.5. The molecule has 2 aliphatic rings. The highest BCUT2D eigenvalue weighted by atomic mass is 79.9. The highest BCUT2D eigenvalue weighted by Crippen LogP contribution is 2.33. The van der Waals surface area contributed by atoms with Crippen LogP contribution in [-0.2, 0) is 16.0 Å². The summed E-state index contributed by atoms with van der Waals surface area (Å²) >= 11 is 3.44. The number of hydrogen-bond acceptors (Lipinski definition) is 3. The van der Waals surface area contributed by atoms with Gasteiger partial charge in [0, 0.05) is 10.9 Å². The minimum atomic E-state index is -0.814. The van der Waals surface area contributed by atoms with Crippen LogP contribution in [0.5, 0.6) is 0 Å². The number of halogens is 1. The Morgan fingerprint density at radius 1 is 1.21 bits per heavy atom. The van der Waals surface area contributed by atoms with E-state index in [1.807, 2.05) is 24.3 Å². The largest absolute Gasteiger partial charge is 0.344 e. The van der Waals surface area contributed by atoms with Gasteiger partial charge < -0.3 is 5.32 Å². The highest BCUT2D eigenvalue weighted by Gasteiger charge is 2.52. The van der Waals surface area contributed by atoms with Gasteiger partial charge >= 0.3 is 6.03 Å². The Hall–Kier alpha value is -1.89. The molecule has 24 heavy (non-hydrogen) atoms. The lowest BCUT2D eigenvalue weighted by Crippen LogP contribution is -2.51. The molecule has 1 aromatic rings. The Morgan fingerprint density at radius 2 is 1.92 bits per heavy atom. The Bertz CT molecular complexity index is 671. The van der Waals surface area contributed by atoms with Gasteiger partial charge in [-0.15, -0.1) is 0 Å². The zero-order valence-electron chi connectivity index (χ0n) is 13.3. The van der Waals surface area contributed by atoms with Crippen LogP contribution >= 0.6 is 15.9 Å². The normalized spacial score (nSPS) is 19.5. The van der Waals surface area contributed by atoms with E-state index in [1.165, 1.54) is 0 Å². The molecule has 0 unspecified atom stereocenters. The SMILES string of the molecule is O=C(CCc1ccccc1Br)NN1C(=O)NC2(CCCCC2)C1=O. The van der Waals surface area contributed by atoms with Crippen LogP contribution in [0.2, 0.25) is 0 Å². The summed E-state index contributed by atoms with van der Waals surface area (Å²) < 4.78 is 0.939. The second-order valence-corrected chi connectivity index (χ2v) is 7.19. The number of urea groups is 1. The van der Waals surface area contributed by atoms with Crippen LogP contribution in [0.1, 0.15) is 44.1 Å². The van der Waals surface area contributed by atoms with E-state index in [9.17, 15) is 14.4 Å². The third kappa shape index (κ3) is 3.31. The van der Waals surface area contributed by atoms with Crippen molar-refractivity contribution in [1.82, 2.24) is 15.8 Å². The van der Waals surface area contributed by atoms with Crippen LogP contribution in [0, 0.1) is 0 Å². The summed E-state index contributed by atoms with van der Waals surface area (Å²) in [6.07, 6.45) is 4.91. The fourth-order valence-corrected chi connectivity index (χ4v) is 3.83. The van der Waals surface area contributed by atoms with Crippen LogP contribution in [0.3, 0.4) is 0 Å². The summed E-state index contributed by atoms with van der Waals surface area (Å²) in [6.45, 7) is 0. The minimum absolute atomic E-state index is 0.201. The Kier molecular flexibility index (Phi) is 4.89. The van der Waals surface area contributed by atoms with Gasteiger partial charge in [-0.05, 0) is 30.9 Å². The summed E-state index contributed by atoms with van der Waals surface area (Å²) in [4.78, 5) is 36.8. The van der Waals surface area contributed by atoms with Crippen LogP contribution in [0.25, 0.3) is 0 Å². The maximum atomic E-state index is 12.6. The summed E-state index contributed by atoms with van der Waals surface area (Å²) in [5, 5.41) is 3.63. The van der Waals surface area contributed by atoms with Crippen molar-refractivity contribution in [3.63, 3.8) is 0 Å². The topological polar surface area (TPSA) is 78.5 Å². The van der Waals surface area contributed by atoms with Gasteiger partial charge in [-0.3, -0.25) is 15.0 Å². The summed E-state index contributed by atoms with van der Waals surface area (Å²) in [6, 6.07) is 7.13. The molecule has 6 nitrogen and oxygen atoms in total. The third-order valence-corrected chi connectivity index (χ3v) is 5.46.